The fourth-order valence-electron chi connectivity index (χ4n) is 1.32. The van der Waals surface area contributed by atoms with Gasteiger partial charge in [-0.15, -0.1) is 0 Å². The van der Waals surface area contributed by atoms with E-state index in [4.69, 9.17) is 0 Å². The molecule has 2 nitrogen and oxygen atoms in total. The van der Waals surface area contributed by atoms with Gasteiger partial charge in [0.15, 0.2) is 0 Å². The number of aryl methyl sites for hydroxylation is 1. The molecule has 1 aliphatic carbocycles. The number of carbonyl (C=O) groups is 1. The van der Waals surface area contributed by atoms with Crippen molar-refractivity contribution in [3.63, 3.8) is 0 Å². The van der Waals surface area contributed by atoms with Gasteiger partial charge in [-0.1, -0.05) is 12.1 Å². The fourth-order valence-corrected chi connectivity index (χ4v) is 1.32. The van der Waals surface area contributed by atoms with Crippen LogP contribution in [0.3, 0.4) is 0 Å². The predicted molar refractivity (Wildman–Crippen MR) is 52.5 cm³/mol. The van der Waals surface area contributed by atoms with E-state index < -0.39 is 0 Å². The number of benzene rings is 1. The molecule has 14 heavy (non-hydrogen) atoms. The molecule has 0 atom stereocenters. The van der Waals surface area contributed by atoms with Gasteiger partial charge in [0.2, 0.25) is 5.91 Å². The van der Waals surface area contributed by atoms with E-state index >= 15 is 0 Å². The summed E-state index contributed by atoms with van der Waals surface area (Å²) in [6.45, 7) is 1.68. The fraction of sp³-hybridized carbons (Fsp3) is 0.364. The minimum Gasteiger partial charge on any atom is -0.323 e. The summed E-state index contributed by atoms with van der Waals surface area (Å²) < 4.78 is 13.4. The second-order valence-electron chi connectivity index (χ2n) is 3.70. The Morgan fingerprint density at radius 3 is 2.86 bits per heavy atom. The van der Waals surface area contributed by atoms with E-state index in [0.29, 0.717) is 11.3 Å². The zero-order valence-corrected chi connectivity index (χ0v) is 8.01. The highest BCUT2D eigenvalue weighted by Gasteiger charge is 2.30. The third kappa shape index (κ3) is 1.76. The molecular weight excluding hydrogens is 181 g/mol. The molecule has 1 N–H and O–H groups in total. The molecule has 0 spiro atoms. The second-order valence-corrected chi connectivity index (χ2v) is 3.70. The van der Waals surface area contributed by atoms with Gasteiger partial charge in [-0.05, 0) is 31.4 Å². The first kappa shape index (κ1) is 9.19. The van der Waals surface area contributed by atoms with Gasteiger partial charge >= 0.3 is 0 Å². The van der Waals surface area contributed by atoms with Crippen molar-refractivity contribution in [1.82, 2.24) is 0 Å². The Kier molecular flexibility index (Phi) is 2.23. The first-order chi connectivity index (χ1) is 6.68. The molecule has 2 rings (SSSR count). The number of amides is 1. The summed E-state index contributed by atoms with van der Waals surface area (Å²) in [5.41, 5.74) is 0.848. The number of hydrogen-bond acceptors (Lipinski definition) is 1. The van der Waals surface area contributed by atoms with Crippen LogP contribution in [0.2, 0.25) is 0 Å². The van der Waals surface area contributed by atoms with Crippen LogP contribution in [0.25, 0.3) is 0 Å². The highest BCUT2D eigenvalue weighted by Crippen LogP contribution is 2.30. The molecule has 1 amide bonds. The lowest BCUT2D eigenvalue weighted by atomic mass is 10.2. The van der Waals surface area contributed by atoms with Crippen molar-refractivity contribution in [1.29, 1.82) is 0 Å². The van der Waals surface area contributed by atoms with E-state index in [0.717, 1.165) is 12.8 Å². The third-order valence-corrected chi connectivity index (χ3v) is 2.40. The molecule has 0 bridgehead atoms. The predicted octanol–water partition coefficient (Wildman–Crippen LogP) is 2.48. The number of halogens is 1. The first-order valence-corrected chi connectivity index (χ1v) is 4.74. The number of anilines is 1. The molecule has 74 valence electrons. The lowest BCUT2D eigenvalue weighted by molar-refractivity contribution is -0.117. The number of carbonyl (C=O) groups excluding carboxylic acids is 1. The van der Waals surface area contributed by atoms with Crippen LogP contribution in [0.4, 0.5) is 10.1 Å². The van der Waals surface area contributed by atoms with E-state index in [1.54, 1.807) is 25.1 Å². The third-order valence-electron chi connectivity index (χ3n) is 2.40. The molecule has 0 unspecified atom stereocenters. The maximum Gasteiger partial charge on any atom is 0.227 e. The molecule has 1 aromatic carbocycles. The minimum absolute atomic E-state index is 0.0606. The SMILES string of the molecule is Cc1cccc(NC(=O)C2CC2)c1F. The van der Waals surface area contributed by atoms with Crippen molar-refractivity contribution in [2.24, 2.45) is 5.92 Å². The Morgan fingerprint density at radius 2 is 2.21 bits per heavy atom. The highest BCUT2D eigenvalue weighted by molar-refractivity contribution is 5.94. The molecule has 1 aliphatic rings. The van der Waals surface area contributed by atoms with E-state index in [9.17, 15) is 9.18 Å². The average molecular weight is 193 g/mol. The van der Waals surface area contributed by atoms with Gasteiger partial charge in [0, 0.05) is 5.92 Å². The zero-order valence-electron chi connectivity index (χ0n) is 8.01. The number of rotatable bonds is 2. The standard InChI is InChI=1S/C11H12FNO/c1-7-3-2-4-9(10(7)12)13-11(14)8-5-6-8/h2-4,8H,5-6H2,1H3,(H,13,14). The molecule has 0 aromatic heterocycles. The summed E-state index contributed by atoms with van der Waals surface area (Å²) in [6, 6.07) is 5.01. The summed E-state index contributed by atoms with van der Waals surface area (Å²) in [7, 11) is 0. The van der Waals surface area contributed by atoms with Gasteiger partial charge in [0.25, 0.3) is 0 Å². The molecular formula is C11H12FNO. The normalized spacial score (nSPS) is 15.3. The highest BCUT2D eigenvalue weighted by atomic mass is 19.1. The molecule has 1 aromatic rings. The maximum atomic E-state index is 13.4. The van der Waals surface area contributed by atoms with Crippen molar-refractivity contribution in [3.05, 3.63) is 29.6 Å². The lowest BCUT2D eigenvalue weighted by Crippen LogP contribution is -2.14. The second kappa shape index (κ2) is 3.40. The van der Waals surface area contributed by atoms with Crippen LogP contribution in [0.15, 0.2) is 18.2 Å². The van der Waals surface area contributed by atoms with Crippen LogP contribution in [0, 0.1) is 18.7 Å². The van der Waals surface area contributed by atoms with E-state index in [1.807, 2.05) is 0 Å². The minimum atomic E-state index is -0.332. The first-order valence-electron chi connectivity index (χ1n) is 4.74. The summed E-state index contributed by atoms with van der Waals surface area (Å²) >= 11 is 0. The Balaban J connectivity index is 2.15. The van der Waals surface area contributed by atoms with Crippen LogP contribution >= 0.6 is 0 Å². The smallest absolute Gasteiger partial charge is 0.227 e. The number of hydrogen-bond donors (Lipinski definition) is 1. The summed E-state index contributed by atoms with van der Waals surface area (Å²) in [4.78, 5) is 11.4. The molecule has 3 heteroatoms. The van der Waals surface area contributed by atoms with Gasteiger partial charge in [-0.2, -0.15) is 0 Å². The van der Waals surface area contributed by atoms with Crippen molar-refractivity contribution in [3.8, 4) is 0 Å². The lowest BCUT2D eigenvalue weighted by Gasteiger charge is -2.06. The van der Waals surface area contributed by atoms with Crippen LogP contribution < -0.4 is 5.32 Å². The van der Waals surface area contributed by atoms with Gasteiger partial charge < -0.3 is 5.32 Å². The maximum absolute atomic E-state index is 13.4. The van der Waals surface area contributed by atoms with Crippen molar-refractivity contribution >= 4 is 11.6 Å². The Hall–Kier alpha value is -1.38. The van der Waals surface area contributed by atoms with E-state index in [1.165, 1.54) is 0 Å². The van der Waals surface area contributed by atoms with Gasteiger partial charge in [-0.3, -0.25) is 4.79 Å². The Morgan fingerprint density at radius 1 is 1.50 bits per heavy atom. The quantitative estimate of drug-likeness (QED) is 0.768. The zero-order chi connectivity index (χ0) is 10.1. The average Bonchev–Trinajstić information content (AvgIpc) is 2.95. The molecule has 1 fully saturated rings. The van der Waals surface area contributed by atoms with Crippen molar-refractivity contribution < 1.29 is 9.18 Å². The molecule has 0 saturated heterocycles. The van der Waals surface area contributed by atoms with E-state index in [2.05, 4.69) is 5.32 Å². The van der Waals surface area contributed by atoms with Crippen molar-refractivity contribution in [2.45, 2.75) is 19.8 Å². The van der Waals surface area contributed by atoms with Crippen LogP contribution in [0.1, 0.15) is 18.4 Å². The topological polar surface area (TPSA) is 29.1 Å². The summed E-state index contributed by atoms with van der Waals surface area (Å²) in [5, 5.41) is 2.60. The summed E-state index contributed by atoms with van der Waals surface area (Å²) in [6.07, 6.45) is 1.86. The summed E-state index contributed by atoms with van der Waals surface area (Å²) in [5.74, 6) is -0.286. The molecule has 0 radical (unpaired) electrons. The Bertz CT molecular complexity index is 372. The molecule has 0 aliphatic heterocycles. The van der Waals surface area contributed by atoms with Crippen LogP contribution in [-0.2, 0) is 4.79 Å². The van der Waals surface area contributed by atoms with Gasteiger partial charge in [0.1, 0.15) is 5.82 Å². The van der Waals surface area contributed by atoms with Crippen molar-refractivity contribution in [2.75, 3.05) is 5.32 Å². The monoisotopic (exact) mass is 193 g/mol. The van der Waals surface area contributed by atoms with Gasteiger partial charge in [-0.25, -0.2) is 4.39 Å². The van der Waals surface area contributed by atoms with E-state index in [-0.39, 0.29) is 17.6 Å². The Labute approximate surface area is 82.1 Å². The van der Waals surface area contributed by atoms with Crippen LogP contribution in [-0.4, -0.2) is 5.91 Å². The molecule has 1 saturated carbocycles. The molecule has 0 heterocycles. The largest absolute Gasteiger partial charge is 0.323 e. The van der Waals surface area contributed by atoms with Gasteiger partial charge in [0.05, 0.1) is 5.69 Å². The van der Waals surface area contributed by atoms with Crippen LogP contribution in [0.5, 0.6) is 0 Å². The number of nitrogens with one attached hydrogen (secondary N) is 1.